The Balaban J connectivity index is 1.29. The first kappa shape index (κ1) is 20.5. The topological polar surface area (TPSA) is 6.48 Å². The molecule has 3 aromatic rings. The molecule has 3 heteroatoms. The molecule has 2 nitrogen and oxygen atoms in total. The zero-order valence-electron chi connectivity index (χ0n) is 17.5. The zero-order chi connectivity index (χ0) is 20.8. The minimum atomic E-state index is -0.196. The fraction of sp³-hybridized carbons (Fsp3) is 0.259. The molecule has 1 aliphatic heterocycles. The lowest BCUT2D eigenvalue weighted by Crippen LogP contribution is -2.47. The fourth-order valence-electron chi connectivity index (χ4n) is 4.04. The van der Waals surface area contributed by atoms with E-state index >= 15 is 0 Å². The van der Waals surface area contributed by atoms with E-state index in [2.05, 4.69) is 77.4 Å². The summed E-state index contributed by atoms with van der Waals surface area (Å²) in [5.74, 6) is -0.196. The Kier molecular flexibility index (Phi) is 6.73. The lowest BCUT2D eigenvalue weighted by atomic mass is 10.0. The van der Waals surface area contributed by atoms with E-state index < -0.39 is 0 Å². The summed E-state index contributed by atoms with van der Waals surface area (Å²) >= 11 is 0. The van der Waals surface area contributed by atoms with Crippen LogP contribution < -0.4 is 0 Å². The number of rotatable bonds is 6. The summed E-state index contributed by atoms with van der Waals surface area (Å²) < 4.78 is 13.1. The van der Waals surface area contributed by atoms with Gasteiger partial charge in [-0.05, 0) is 41.3 Å². The second kappa shape index (κ2) is 9.84. The summed E-state index contributed by atoms with van der Waals surface area (Å²) in [5.41, 5.74) is 4.76. The van der Waals surface area contributed by atoms with Crippen molar-refractivity contribution >= 4 is 6.08 Å². The van der Waals surface area contributed by atoms with Crippen LogP contribution in [0.25, 0.3) is 17.2 Å². The number of nitrogens with zero attached hydrogens (tertiary/aromatic N) is 2. The summed E-state index contributed by atoms with van der Waals surface area (Å²) in [6.45, 7) is 7.65. The van der Waals surface area contributed by atoms with Crippen molar-refractivity contribution in [2.75, 3.05) is 32.7 Å². The molecule has 0 amide bonds. The molecule has 0 aliphatic carbocycles. The first-order valence-corrected chi connectivity index (χ1v) is 10.7. The summed E-state index contributed by atoms with van der Waals surface area (Å²) in [7, 11) is 0. The molecule has 0 saturated carbocycles. The molecule has 4 rings (SSSR count). The standard InChI is InChI=1S/C27H29FN2/c1-22(24-9-11-25(12-10-24)26-13-15-27(28)16-14-26)30-20-18-29(19-21-30)17-5-8-23-6-3-2-4-7-23/h2-16,22H,17-21H2,1H3. The van der Waals surface area contributed by atoms with Gasteiger partial charge in [0, 0.05) is 38.8 Å². The Hall–Kier alpha value is -2.75. The quantitative estimate of drug-likeness (QED) is 0.509. The maximum Gasteiger partial charge on any atom is 0.123 e. The van der Waals surface area contributed by atoms with Crippen LogP contribution in [0.2, 0.25) is 0 Å². The van der Waals surface area contributed by atoms with Gasteiger partial charge in [0.15, 0.2) is 0 Å². The van der Waals surface area contributed by atoms with E-state index in [9.17, 15) is 4.39 Å². The monoisotopic (exact) mass is 400 g/mol. The normalized spacial score (nSPS) is 16.7. The number of piperazine rings is 1. The molecule has 1 heterocycles. The highest BCUT2D eigenvalue weighted by atomic mass is 19.1. The maximum absolute atomic E-state index is 13.1. The lowest BCUT2D eigenvalue weighted by molar-refractivity contribution is 0.110. The van der Waals surface area contributed by atoms with Crippen molar-refractivity contribution in [3.8, 4) is 11.1 Å². The molecule has 0 N–H and O–H groups in total. The minimum absolute atomic E-state index is 0.196. The molecule has 1 unspecified atom stereocenters. The Bertz CT molecular complexity index is 940. The van der Waals surface area contributed by atoms with Gasteiger partial charge >= 0.3 is 0 Å². The average molecular weight is 401 g/mol. The first-order chi connectivity index (χ1) is 14.7. The molecule has 1 saturated heterocycles. The molecule has 3 aromatic carbocycles. The van der Waals surface area contributed by atoms with Gasteiger partial charge in [-0.2, -0.15) is 0 Å². The Labute approximate surface area is 179 Å². The van der Waals surface area contributed by atoms with Gasteiger partial charge < -0.3 is 0 Å². The van der Waals surface area contributed by atoms with Crippen LogP contribution in [0.15, 0.2) is 84.9 Å². The van der Waals surface area contributed by atoms with E-state index in [-0.39, 0.29) is 5.82 Å². The molecular weight excluding hydrogens is 371 g/mol. The maximum atomic E-state index is 13.1. The summed E-state index contributed by atoms with van der Waals surface area (Å²) in [4.78, 5) is 5.07. The van der Waals surface area contributed by atoms with E-state index in [4.69, 9.17) is 0 Å². The molecule has 0 aromatic heterocycles. The SMILES string of the molecule is CC(c1ccc(-c2ccc(F)cc2)cc1)N1CCN(CC=Cc2ccccc2)CC1. The van der Waals surface area contributed by atoms with Crippen LogP contribution in [0, 0.1) is 5.82 Å². The van der Waals surface area contributed by atoms with Crippen LogP contribution in [0.3, 0.4) is 0 Å². The second-order valence-corrected chi connectivity index (χ2v) is 7.95. The predicted molar refractivity (Wildman–Crippen MR) is 124 cm³/mol. The number of hydrogen-bond donors (Lipinski definition) is 0. The Morgan fingerprint density at radius 2 is 1.40 bits per heavy atom. The molecule has 154 valence electrons. The minimum Gasteiger partial charge on any atom is -0.297 e. The van der Waals surface area contributed by atoms with Gasteiger partial charge in [-0.1, -0.05) is 78.9 Å². The van der Waals surface area contributed by atoms with Crippen LogP contribution in [0.4, 0.5) is 4.39 Å². The van der Waals surface area contributed by atoms with Gasteiger partial charge in [0.05, 0.1) is 0 Å². The van der Waals surface area contributed by atoms with Crippen molar-refractivity contribution in [1.29, 1.82) is 0 Å². The highest BCUT2D eigenvalue weighted by Crippen LogP contribution is 2.26. The van der Waals surface area contributed by atoms with E-state index in [1.54, 1.807) is 0 Å². The number of hydrogen-bond acceptors (Lipinski definition) is 2. The lowest BCUT2D eigenvalue weighted by Gasteiger charge is -2.38. The molecule has 30 heavy (non-hydrogen) atoms. The molecule has 1 atom stereocenters. The highest BCUT2D eigenvalue weighted by Gasteiger charge is 2.21. The highest BCUT2D eigenvalue weighted by molar-refractivity contribution is 5.63. The van der Waals surface area contributed by atoms with Crippen molar-refractivity contribution in [2.24, 2.45) is 0 Å². The predicted octanol–water partition coefficient (Wildman–Crippen LogP) is 5.88. The van der Waals surface area contributed by atoms with Gasteiger partial charge in [-0.25, -0.2) is 4.39 Å². The van der Waals surface area contributed by atoms with E-state index in [0.29, 0.717) is 6.04 Å². The van der Waals surface area contributed by atoms with Crippen molar-refractivity contribution in [2.45, 2.75) is 13.0 Å². The van der Waals surface area contributed by atoms with Gasteiger partial charge in [0.25, 0.3) is 0 Å². The third-order valence-corrected chi connectivity index (χ3v) is 6.00. The average Bonchev–Trinajstić information content (AvgIpc) is 2.80. The van der Waals surface area contributed by atoms with Gasteiger partial charge in [0.2, 0.25) is 0 Å². The Morgan fingerprint density at radius 1 is 0.800 bits per heavy atom. The van der Waals surface area contributed by atoms with E-state index in [1.807, 2.05) is 18.2 Å². The fourth-order valence-corrected chi connectivity index (χ4v) is 4.04. The second-order valence-electron chi connectivity index (χ2n) is 7.95. The zero-order valence-corrected chi connectivity index (χ0v) is 17.5. The smallest absolute Gasteiger partial charge is 0.123 e. The molecule has 0 radical (unpaired) electrons. The third kappa shape index (κ3) is 5.24. The van der Waals surface area contributed by atoms with E-state index in [0.717, 1.165) is 43.9 Å². The van der Waals surface area contributed by atoms with Crippen LogP contribution >= 0.6 is 0 Å². The first-order valence-electron chi connectivity index (χ1n) is 10.7. The van der Waals surface area contributed by atoms with E-state index in [1.165, 1.54) is 23.3 Å². The van der Waals surface area contributed by atoms with Crippen molar-refractivity contribution in [3.05, 3.63) is 102 Å². The molecule has 0 bridgehead atoms. The van der Waals surface area contributed by atoms with Crippen LogP contribution in [-0.2, 0) is 0 Å². The summed E-state index contributed by atoms with van der Waals surface area (Å²) in [6.07, 6.45) is 4.47. The van der Waals surface area contributed by atoms with Crippen LogP contribution in [-0.4, -0.2) is 42.5 Å². The van der Waals surface area contributed by atoms with Crippen LogP contribution in [0.1, 0.15) is 24.1 Å². The van der Waals surface area contributed by atoms with Gasteiger partial charge in [0.1, 0.15) is 5.82 Å². The van der Waals surface area contributed by atoms with Gasteiger partial charge in [-0.3, -0.25) is 9.80 Å². The molecule has 1 fully saturated rings. The molecular formula is C27H29FN2. The summed E-state index contributed by atoms with van der Waals surface area (Å²) in [6, 6.07) is 26.3. The largest absolute Gasteiger partial charge is 0.297 e. The van der Waals surface area contributed by atoms with Crippen LogP contribution in [0.5, 0.6) is 0 Å². The van der Waals surface area contributed by atoms with Crippen molar-refractivity contribution in [1.82, 2.24) is 9.80 Å². The van der Waals surface area contributed by atoms with Gasteiger partial charge in [-0.15, -0.1) is 0 Å². The Morgan fingerprint density at radius 3 is 2.03 bits per heavy atom. The van der Waals surface area contributed by atoms with Crippen molar-refractivity contribution in [3.63, 3.8) is 0 Å². The summed E-state index contributed by atoms with van der Waals surface area (Å²) in [5, 5.41) is 0. The third-order valence-electron chi connectivity index (χ3n) is 6.00. The molecule has 1 aliphatic rings. The number of halogens is 1. The van der Waals surface area contributed by atoms with Crippen molar-refractivity contribution < 1.29 is 4.39 Å². The number of benzene rings is 3. The molecule has 0 spiro atoms.